The van der Waals surface area contributed by atoms with Gasteiger partial charge in [-0.15, -0.1) is 0 Å². The van der Waals surface area contributed by atoms with Crippen LogP contribution in [0.2, 0.25) is 0 Å². The van der Waals surface area contributed by atoms with Crippen molar-refractivity contribution in [3.05, 3.63) is 65.1 Å². The van der Waals surface area contributed by atoms with Gasteiger partial charge in [-0.2, -0.15) is 0 Å². The molecule has 33 heavy (non-hydrogen) atoms. The predicted molar refractivity (Wildman–Crippen MR) is 125 cm³/mol. The molecule has 4 amide bonds. The highest BCUT2D eigenvalue weighted by atomic mass is 32.2. The minimum atomic E-state index is -0.505. The van der Waals surface area contributed by atoms with Crippen LogP contribution in [-0.2, 0) is 14.4 Å². The maximum atomic E-state index is 12.8. The number of para-hydroxylation sites is 2. The highest BCUT2D eigenvalue weighted by molar-refractivity contribution is 8.18. The number of carbonyl (C=O) groups is 4. The van der Waals surface area contributed by atoms with Gasteiger partial charge >= 0.3 is 0 Å². The van der Waals surface area contributed by atoms with Crippen LogP contribution in [0.3, 0.4) is 0 Å². The minimum absolute atomic E-state index is 0.207. The van der Waals surface area contributed by atoms with Gasteiger partial charge in [0.2, 0.25) is 5.91 Å². The Hall–Kier alpha value is -3.59. The lowest BCUT2D eigenvalue weighted by atomic mass is 10.2. The fraction of sp³-hybridized carbons (Fsp3) is 0.250. The van der Waals surface area contributed by atoms with Crippen molar-refractivity contribution in [2.75, 3.05) is 31.6 Å². The van der Waals surface area contributed by atoms with E-state index in [9.17, 15) is 19.2 Å². The quantitative estimate of drug-likeness (QED) is 0.630. The number of anilines is 1. The van der Waals surface area contributed by atoms with Gasteiger partial charge in [0.1, 0.15) is 12.3 Å². The largest absolute Gasteiger partial charge is 0.483 e. The second-order valence-electron chi connectivity index (χ2n) is 7.60. The molecule has 0 aromatic heterocycles. The van der Waals surface area contributed by atoms with Crippen LogP contribution in [0, 0.1) is 0 Å². The first-order valence-electron chi connectivity index (χ1n) is 10.6. The third-order valence-corrected chi connectivity index (χ3v) is 6.16. The average Bonchev–Trinajstić information content (AvgIpc) is 3.44. The van der Waals surface area contributed by atoms with Crippen LogP contribution in [0.5, 0.6) is 5.75 Å². The van der Waals surface area contributed by atoms with Crippen molar-refractivity contribution in [3.8, 4) is 5.75 Å². The average molecular weight is 466 g/mol. The molecule has 1 N–H and O–H groups in total. The summed E-state index contributed by atoms with van der Waals surface area (Å²) in [5.41, 5.74) is 1.22. The number of imide groups is 1. The molecule has 0 bridgehead atoms. The Kier molecular flexibility index (Phi) is 7.09. The van der Waals surface area contributed by atoms with Gasteiger partial charge in [0.25, 0.3) is 17.1 Å². The minimum Gasteiger partial charge on any atom is -0.483 e. The summed E-state index contributed by atoms with van der Waals surface area (Å²) in [7, 11) is 0. The summed E-state index contributed by atoms with van der Waals surface area (Å²) in [5, 5.41) is 2.27. The number of ether oxygens (including phenoxy) is 1. The maximum absolute atomic E-state index is 12.8. The van der Waals surface area contributed by atoms with Gasteiger partial charge in [-0.05, 0) is 48.9 Å². The van der Waals surface area contributed by atoms with E-state index in [1.807, 2.05) is 18.2 Å². The zero-order valence-corrected chi connectivity index (χ0v) is 18.7. The predicted octanol–water partition coefficient (Wildman–Crippen LogP) is 3.36. The van der Waals surface area contributed by atoms with E-state index < -0.39 is 11.1 Å². The molecule has 170 valence electrons. The first-order chi connectivity index (χ1) is 16.0. The highest BCUT2D eigenvalue weighted by Crippen LogP contribution is 2.34. The van der Waals surface area contributed by atoms with E-state index in [4.69, 9.17) is 4.74 Å². The summed E-state index contributed by atoms with van der Waals surface area (Å²) >= 11 is 0.789. The van der Waals surface area contributed by atoms with Crippen molar-refractivity contribution in [3.63, 3.8) is 0 Å². The second kappa shape index (κ2) is 10.4. The highest BCUT2D eigenvalue weighted by Gasteiger charge is 2.37. The molecule has 2 heterocycles. The molecule has 2 fully saturated rings. The Labute approximate surface area is 195 Å². The van der Waals surface area contributed by atoms with Gasteiger partial charge < -0.3 is 15.0 Å². The van der Waals surface area contributed by atoms with Gasteiger partial charge in [0.05, 0.1) is 4.91 Å². The van der Waals surface area contributed by atoms with Crippen molar-refractivity contribution in [2.45, 2.75) is 12.8 Å². The molecule has 2 aromatic carbocycles. The van der Waals surface area contributed by atoms with Gasteiger partial charge in [0.15, 0.2) is 6.61 Å². The van der Waals surface area contributed by atoms with E-state index >= 15 is 0 Å². The first-order valence-corrected chi connectivity index (χ1v) is 11.4. The number of nitrogens with one attached hydrogen (secondary N) is 1. The van der Waals surface area contributed by atoms with Crippen LogP contribution in [0.15, 0.2) is 59.5 Å². The Bertz CT molecular complexity index is 1100. The lowest BCUT2D eigenvalue weighted by Crippen LogP contribution is -2.40. The maximum Gasteiger partial charge on any atom is 0.294 e. The van der Waals surface area contributed by atoms with Crippen LogP contribution < -0.4 is 10.1 Å². The number of likely N-dealkylation sites (tertiary alicyclic amines) is 1. The molecule has 8 nitrogen and oxygen atoms in total. The van der Waals surface area contributed by atoms with Gasteiger partial charge in [-0.25, -0.2) is 0 Å². The molecule has 9 heteroatoms. The summed E-state index contributed by atoms with van der Waals surface area (Å²) in [5.74, 6) is -0.643. The van der Waals surface area contributed by atoms with Crippen LogP contribution in [-0.4, -0.2) is 59.0 Å². The smallest absolute Gasteiger partial charge is 0.294 e. The Morgan fingerprint density at radius 1 is 1.00 bits per heavy atom. The monoisotopic (exact) mass is 465 g/mol. The van der Waals surface area contributed by atoms with E-state index in [1.54, 1.807) is 47.4 Å². The number of thioether (sulfide) groups is 1. The Balaban J connectivity index is 1.41. The number of nitrogens with zero attached hydrogens (tertiary/aromatic N) is 2. The number of benzene rings is 2. The molecular formula is C24H23N3O5S. The van der Waals surface area contributed by atoms with Crippen molar-refractivity contribution >= 4 is 46.5 Å². The summed E-state index contributed by atoms with van der Waals surface area (Å²) in [6.07, 6.45) is 3.43. The molecule has 0 unspecified atom stereocenters. The molecule has 2 aliphatic rings. The molecule has 0 saturated carbocycles. The van der Waals surface area contributed by atoms with Crippen LogP contribution >= 0.6 is 11.8 Å². The number of hydrogen-bond acceptors (Lipinski definition) is 6. The fourth-order valence-electron chi connectivity index (χ4n) is 3.57. The number of carbonyl (C=O) groups excluding carboxylic acids is 4. The third kappa shape index (κ3) is 5.61. The van der Waals surface area contributed by atoms with Crippen LogP contribution in [0.25, 0.3) is 6.08 Å². The van der Waals surface area contributed by atoms with Gasteiger partial charge in [-0.1, -0.05) is 36.4 Å². The van der Waals surface area contributed by atoms with E-state index in [0.29, 0.717) is 30.1 Å². The number of amides is 4. The third-order valence-electron chi connectivity index (χ3n) is 5.25. The fourth-order valence-corrected chi connectivity index (χ4v) is 4.40. The van der Waals surface area contributed by atoms with Crippen LogP contribution in [0.4, 0.5) is 10.5 Å². The second-order valence-corrected chi connectivity index (χ2v) is 8.59. The van der Waals surface area contributed by atoms with Gasteiger partial charge in [0, 0.05) is 24.3 Å². The molecule has 0 radical (unpaired) electrons. The molecule has 2 saturated heterocycles. The van der Waals surface area contributed by atoms with E-state index in [2.05, 4.69) is 5.32 Å². The van der Waals surface area contributed by atoms with Crippen molar-refractivity contribution < 1.29 is 23.9 Å². The molecule has 0 aliphatic carbocycles. The SMILES string of the molecule is O=C(COc1ccccc1/C=C1/SC(=O)N(CC(=O)N2CCCC2)C1=O)Nc1ccccc1. The zero-order valence-electron chi connectivity index (χ0n) is 17.9. The standard InChI is InChI=1S/C24H23N3O5S/c28-21(25-18-9-2-1-3-10-18)16-32-19-11-5-4-8-17(19)14-20-23(30)27(24(31)33-20)15-22(29)26-12-6-7-13-26/h1-5,8-11,14H,6-7,12-13,15-16H2,(H,25,28)/b20-14+. The number of hydrogen-bond donors (Lipinski definition) is 1. The molecule has 0 spiro atoms. The van der Waals surface area contributed by atoms with Crippen LogP contribution in [0.1, 0.15) is 18.4 Å². The van der Waals surface area contributed by atoms with Crippen molar-refractivity contribution in [1.29, 1.82) is 0 Å². The molecule has 0 atom stereocenters. The first kappa shape index (κ1) is 22.6. The normalized spacial score (nSPS) is 17.0. The lowest BCUT2D eigenvalue weighted by molar-refractivity contribution is -0.135. The van der Waals surface area contributed by atoms with Gasteiger partial charge in [-0.3, -0.25) is 24.1 Å². The summed E-state index contributed by atoms with van der Waals surface area (Å²) in [6.45, 7) is 0.853. The Morgan fingerprint density at radius 3 is 2.45 bits per heavy atom. The van der Waals surface area contributed by atoms with E-state index in [1.165, 1.54) is 0 Å². The van der Waals surface area contributed by atoms with E-state index in [0.717, 1.165) is 29.5 Å². The summed E-state index contributed by atoms with van der Waals surface area (Å²) in [4.78, 5) is 52.6. The molecular weight excluding hydrogens is 442 g/mol. The van der Waals surface area contributed by atoms with Crippen molar-refractivity contribution in [1.82, 2.24) is 9.80 Å². The summed E-state index contributed by atoms with van der Waals surface area (Å²) < 4.78 is 5.67. The molecule has 2 aromatic rings. The zero-order chi connectivity index (χ0) is 23.2. The number of rotatable bonds is 7. The molecule has 2 aliphatic heterocycles. The van der Waals surface area contributed by atoms with Crippen molar-refractivity contribution in [2.24, 2.45) is 0 Å². The summed E-state index contributed by atoms with van der Waals surface area (Å²) in [6, 6.07) is 16.0. The lowest BCUT2D eigenvalue weighted by Gasteiger charge is -2.18. The van der Waals surface area contributed by atoms with E-state index in [-0.39, 0.29) is 29.9 Å². The topological polar surface area (TPSA) is 96.0 Å². The Morgan fingerprint density at radius 2 is 1.70 bits per heavy atom. The molecule has 4 rings (SSSR count).